The number of amides is 1. The fraction of sp³-hybridized carbons (Fsp3) is 0.278. The number of halogens is 1. The van der Waals surface area contributed by atoms with Crippen molar-refractivity contribution in [1.82, 2.24) is 5.32 Å². The second-order valence-electron chi connectivity index (χ2n) is 5.59. The van der Waals surface area contributed by atoms with Crippen LogP contribution in [-0.2, 0) is 24.2 Å². The number of rotatable bonds is 3. The first-order valence-corrected chi connectivity index (χ1v) is 7.56. The van der Waals surface area contributed by atoms with Crippen molar-refractivity contribution in [3.8, 4) is 0 Å². The summed E-state index contributed by atoms with van der Waals surface area (Å²) in [7, 11) is 0. The first-order chi connectivity index (χ1) is 10.7. The SMILES string of the molecule is CCc1ccc(NC(=O)[C@@H]2Cc3cc(F)ccc3CN2)cc1. The quantitative estimate of drug-likeness (QED) is 0.914. The Hall–Kier alpha value is -2.20. The van der Waals surface area contributed by atoms with Crippen molar-refractivity contribution in [2.45, 2.75) is 32.4 Å². The largest absolute Gasteiger partial charge is 0.325 e. The van der Waals surface area contributed by atoms with Crippen LogP contribution in [0.15, 0.2) is 42.5 Å². The van der Waals surface area contributed by atoms with E-state index < -0.39 is 0 Å². The van der Waals surface area contributed by atoms with Gasteiger partial charge in [0.05, 0.1) is 6.04 Å². The monoisotopic (exact) mass is 298 g/mol. The molecule has 0 bridgehead atoms. The van der Waals surface area contributed by atoms with E-state index in [0.29, 0.717) is 13.0 Å². The summed E-state index contributed by atoms with van der Waals surface area (Å²) in [5, 5.41) is 6.12. The Morgan fingerprint density at radius 1 is 1.23 bits per heavy atom. The maximum Gasteiger partial charge on any atom is 0.241 e. The minimum atomic E-state index is -0.333. The van der Waals surface area contributed by atoms with Gasteiger partial charge in [0.15, 0.2) is 0 Å². The van der Waals surface area contributed by atoms with Gasteiger partial charge in [-0.15, -0.1) is 0 Å². The molecule has 0 aromatic heterocycles. The fourth-order valence-corrected chi connectivity index (χ4v) is 2.72. The van der Waals surface area contributed by atoms with Gasteiger partial charge in [-0.1, -0.05) is 25.1 Å². The molecule has 0 saturated heterocycles. The summed E-state index contributed by atoms with van der Waals surface area (Å²) >= 11 is 0. The second-order valence-corrected chi connectivity index (χ2v) is 5.59. The minimum Gasteiger partial charge on any atom is -0.325 e. The molecule has 1 aliphatic heterocycles. The van der Waals surface area contributed by atoms with Gasteiger partial charge in [0.1, 0.15) is 5.82 Å². The van der Waals surface area contributed by atoms with Crippen LogP contribution in [0, 0.1) is 5.82 Å². The number of nitrogens with one attached hydrogen (secondary N) is 2. The highest BCUT2D eigenvalue weighted by Crippen LogP contribution is 2.19. The average Bonchev–Trinajstić information content (AvgIpc) is 2.54. The Labute approximate surface area is 129 Å². The summed E-state index contributed by atoms with van der Waals surface area (Å²) in [4.78, 5) is 12.3. The van der Waals surface area contributed by atoms with Gasteiger partial charge in [-0.05, 0) is 53.8 Å². The molecule has 0 fully saturated rings. The molecule has 0 radical (unpaired) electrons. The summed E-state index contributed by atoms with van der Waals surface area (Å²) < 4.78 is 13.3. The van der Waals surface area contributed by atoms with Gasteiger partial charge in [-0.25, -0.2) is 4.39 Å². The molecule has 0 unspecified atom stereocenters. The summed E-state index contributed by atoms with van der Waals surface area (Å²) in [5.41, 5.74) is 3.98. The maximum atomic E-state index is 13.3. The van der Waals surface area contributed by atoms with Gasteiger partial charge in [0.2, 0.25) is 5.91 Å². The Bertz CT molecular complexity index is 682. The van der Waals surface area contributed by atoms with Gasteiger partial charge >= 0.3 is 0 Å². The Morgan fingerprint density at radius 3 is 2.73 bits per heavy atom. The van der Waals surface area contributed by atoms with Crippen LogP contribution < -0.4 is 10.6 Å². The normalized spacial score (nSPS) is 16.9. The Balaban J connectivity index is 1.68. The smallest absolute Gasteiger partial charge is 0.241 e. The average molecular weight is 298 g/mol. The van der Waals surface area contributed by atoms with Gasteiger partial charge in [0.25, 0.3) is 0 Å². The zero-order valence-corrected chi connectivity index (χ0v) is 12.5. The van der Waals surface area contributed by atoms with Crippen molar-refractivity contribution < 1.29 is 9.18 Å². The molecule has 0 saturated carbocycles. The number of fused-ring (bicyclic) bond motifs is 1. The molecule has 1 heterocycles. The van der Waals surface area contributed by atoms with Crippen LogP contribution in [0.3, 0.4) is 0 Å². The molecule has 2 aromatic carbocycles. The molecule has 1 aliphatic rings. The molecule has 22 heavy (non-hydrogen) atoms. The molecule has 3 rings (SSSR count). The van der Waals surface area contributed by atoms with Crippen molar-refractivity contribution in [3.05, 3.63) is 65.0 Å². The van der Waals surface area contributed by atoms with Crippen molar-refractivity contribution in [2.24, 2.45) is 0 Å². The second kappa shape index (κ2) is 6.28. The summed E-state index contributed by atoms with van der Waals surface area (Å²) in [6, 6.07) is 12.3. The molecule has 2 aromatic rings. The zero-order chi connectivity index (χ0) is 15.5. The number of carbonyl (C=O) groups excluding carboxylic acids is 1. The number of anilines is 1. The summed E-state index contributed by atoms with van der Waals surface area (Å²) in [6.07, 6.45) is 1.48. The van der Waals surface area contributed by atoms with Crippen LogP contribution in [0.5, 0.6) is 0 Å². The molecule has 1 atom stereocenters. The third-order valence-electron chi connectivity index (χ3n) is 4.08. The van der Waals surface area contributed by atoms with E-state index in [-0.39, 0.29) is 17.8 Å². The number of hydrogen-bond acceptors (Lipinski definition) is 2. The highest BCUT2D eigenvalue weighted by molar-refractivity contribution is 5.95. The highest BCUT2D eigenvalue weighted by Gasteiger charge is 2.24. The van der Waals surface area contributed by atoms with Gasteiger partial charge in [-0.3, -0.25) is 4.79 Å². The molecule has 1 amide bonds. The van der Waals surface area contributed by atoms with E-state index in [1.54, 1.807) is 6.07 Å². The van der Waals surface area contributed by atoms with E-state index in [4.69, 9.17) is 0 Å². The van der Waals surface area contributed by atoms with Crippen molar-refractivity contribution in [3.63, 3.8) is 0 Å². The lowest BCUT2D eigenvalue weighted by Crippen LogP contribution is -2.44. The van der Waals surface area contributed by atoms with E-state index in [1.165, 1.54) is 17.7 Å². The van der Waals surface area contributed by atoms with Crippen molar-refractivity contribution >= 4 is 11.6 Å². The first-order valence-electron chi connectivity index (χ1n) is 7.56. The third kappa shape index (κ3) is 3.17. The molecule has 0 aliphatic carbocycles. The van der Waals surface area contributed by atoms with Crippen LogP contribution in [-0.4, -0.2) is 11.9 Å². The van der Waals surface area contributed by atoms with Crippen molar-refractivity contribution in [2.75, 3.05) is 5.32 Å². The van der Waals surface area contributed by atoms with Gasteiger partial charge in [0, 0.05) is 12.2 Å². The zero-order valence-electron chi connectivity index (χ0n) is 12.5. The standard InChI is InChI=1S/C18H19FN2O/c1-2-12-3-7-16(8-4-12)21-18(22)17-10-14-9-15(19)6-5-13(14)11-20-17/h3-9,17,20H,2,10-11H2,1H3,(H,21,22)/t17-/m0/s1. The number of aryl methyl sites for hydroxylation is 1. The number of hydrogen-bond donors (Lipinski definition) is 2. The topological polar surface area (TPSA) is 41.1 Å². The highest BCUT2D eigenvalue weighted by atomic mass is 19.1. The minimum absolute atomic E-state index is 0.0841. The van der Waals surface area contributed by atoms with Crippen LogP contribution in [0.1, 0.15) is 23.6 Å². The lowest BCUT2D eigenvalue weighted by Gasteiger charge is -2.25. The van der Waals surface area contributed by atoms with Gasteiger partial charge in [-0.2, -0.15) is 0 Å². The van der Waals surface area contributed by atoms with Crippen LogP contribution in [0.4, 0.5) is 10.1 Å². The predicted octanol–water partition coefficient (Wildman–Crippen LogP) is 3.04. The molecular weight excluding hydrogens is 279 g/mol. The number of benzene rings is 2. The van der Waals surface area contributed by atoms with E-state index in [1.807, 2.05) is 24.3 Å². The molecule has 4 heteroatoms. The van der Waals surface area contributed by atoms with Gasteiger partial charge < -0.3 is 10.6 Å². The third-order valence-corrected chi connectivity index (χ3v) is 4.08. The molecule has 3 nitrogen and oxygen atoms in total. The number of carbonyl (C=O) groups is 1. The van der Waals surface area contributed by atoms with E-state index in [9.17, 15) is 9.18 Å². The lowest BCUT2D eigenvalue weighted by molar-refractivity contribution is -0.118. The Kier molecular flexibility index (Phi) is 4.20. The van der Waals surface area contributed by atoms with E-state index in [2.05, 4.69) is 17.6 Å². The molecular formula is C18H19FN2O. The molecule has 0 spiro atoms. The fourth-order valence-electron chi connectivity index (χ4n) is 2.72. The first kappa shape index (κ1) is 14.7. The lowest BCUT2D eigenvalue weighted by atomic mass is 9.95. The van der Waals surface area contributed by atoms with Crippen molar-refractivity contribution in [1.29, 1.82) is 0 Å². The predicted molar refractivity (Wildman–Crippen MR) is 85.2 cm³/mol. The van der Waals surface area contributed by atoms with Crippen LogP contribution in [0.25, 0.3) is 0 Å². The van der Waals surface area contributed by atoms with E-state index in [0.717, 1.165) is 23.2 Å². The summed E-state index contributed by atoms with van der Waals surface area (Å²) in [5.74, 6) is -0.339. The van der Waals surface area contributed by atoms with Crippen LogP contribution in [0.2, 0.25) is 0 Å². The van der Waals surface area contributed by atoms with Crippen LogP contribution >= 0.6 is 0 Å². The Morgan fingerprint density at radius 2 is 2.00 bits per heavy atom. The molecule has 114 valence electrons. The van der Waals surface area contributed by atoms with E-state index >= 15 is 0 Å². The summed E-state index contributed by atoms with van der Waals surface area (Å²) in [6.45, 7) is 2.68. The maximum absolute atomic E-state index is 13.3. The molecule has 2 N–H and O–H groups in total.